The van der Waals surface area contributed by atoms with Crippen molar-refractivity contribution in [1.29, 1.82) is 0 Å². The lowest BCUT2D eigenvalue weighted by atomic mass is 10.1. The molecule has 7 heteroatoms. The Morgan fingerprint density at radius 3 is 2.52 bits per heavy atom. The maximum absolute atomic E-state index is 12.2. The SMILES string of the molecule is CCOc1ccc(NC(=O)CCc2nc(-c3ccc(N4CCCCC4)cc3)no2)cc1. The molecule has 0 bridgehead atoms. The lowest BCUT2D eigenvalue weighted by Crippen LogP contribution is -2.29. The molecule has 31 heavy (non-hydrogen) atoms. The quantitative estimate of drug-likeness (QED) is 0.569. The Bertz CT molecular complexity index is 977. The fourth-order valence-electron chi connectivity index (χ4n) is 3.69. The molecule has 1 amide bonds. The number of carbonyl (C=O) groups excluding carboxylic acids is 1. The molecule has 2 heterocycles. The van der Waals surface area contributed by atoms with Crippen molar-refractivity contribution in [2.45, 2.75) is 39.0 Å². The summed E-state index contributed by atoms with van der Waals surface area (Å²) in [6.07, 6.45) is 4.48. The molecule has 2 aromatic carbocycles. The Labute approximate surface area is 182 Å². The summed E-state index contributed by atoms with van der Waals surface area (Å²) in [6, 6.07) is 15.6. The second-order valence-corrected chi connectivity index (χ2v) is 7.61. The van der Waals surface area contributed by atoms with Crippen LogP contribution in [0.3, 0.4) is 0 Å². The Hall–Kier alpha value is -3.35. The zero-order valence-corrected chi connectivity index (χ0v) is 17.8. The van der Waals surface area contributed by atoms with Gasteiger partial charge in [-0.25, -0.2) is 0 Å². The number of aromatic nitrogens is 2. The second-order valence-electron chi connectivity index (χ2n) is 7.61. The molecule has 1 fully saturated rings. The fourth-order valence-corrected chi connectivity index (χ4v) is 3.69. The molecule has 0 unspecified atom stereocenters. The fraction of sp³-hybridized carbons (Fsp3) is 0.375. The first kappa shape index (κ1) is 20.9. The number of ether oxygens (including phenoxy) is 1. The van der Waals surface area contributed by atoms with E-state index in [0.29, 0.717) is 24.7 Å². The maximum Gasteiger partial charge on any atom is 0.227 e. The third-order valence-electron chi connectivity index (χ3n) is 5.33. The molecule has 1 aliphatic rings. The lowest BCUT2D eigenvalue weighted by molar-refractivity contribution is -0.116. The molecule has 1 N–H and O–H groups in total. The first-order chi connectivity index (χ1) is 15.2. The van der Waals surface area contributed by atoms with E-state index in [9.17, 15) is 4.79 Å². The molecule has 0 radical (unpaired) electrons. The third kappa shape index (κ3) is 5.63. The number of nitrogens with zero attached hydrogens (tertiary/aromatic N) is 3. The minimum absolute atomic E-state index is 0.102. The van der Waals surface area contributed by atoms with Crippen molar-refractivity contribution >= 4 is 17.3 Å². The Balaban J connectivity index is 1.29. The zero-order chi connectivity index (χ0) is 21.5. The molecule has 0 spiro atoms. The predicted molar refractivity (Wildman–Crippen MR) is 120 cm³/mol. The van der Waals surface area contributed by atoms with Gasteiger partial charge in [0.15, 0.2) is 0 Å². The van der Waals surface area contributed by atoms with E-state index >= 15 is 0 Å². The van der Waals surface area contributed by atoms with Crippen molar-refractivity contribution in [3.05, 3.63) is 54.4 Å². The Morgan fingerprint density at radius 1 is 1.06 bits per heavy atom. The number of piperidine rings is 1. The normalized spacial score (nSPS) is 13.8. The average Bonchev–Trinajstić information content (AvgIpc) is 3.29. The summed E-state index contributed by atoms with van der Waals surface area (Å²) in [5, 5.41) is 6.94. The summed E-state index contributed by atoms with van der Waals surface area (Å²) < 4.78 is 10.7. The van der Waals surface area contributed by atoms with Gasteiger partial charge in [0.25, 0.3) is 0 Å². The van der Waals surface area contributed by atoms with Crippen molar-refractivity contribution in [3.8, 4) is 17.1 Å². The molecule has 7 nitrogen and oxygen atoms in total. The van der Waals surface area contributed by atoms with Gasteiger partial charge in [0.05, 0.1) is 6.61 Å². The van der Waals surface area contributed by atoms with E-state index in [1.807, 2.05) is 43.3 Å². The Kier molecular flexibility index (Phi) is 6.82. The van der Waals surface area contributed by atoms with Gasteiger partial charge >= 0.3 is 0 Å². The van der Waals surface area contributed by atoms with E-state index in [0.717, 1.165) is 30.1 Å². The molecular formula is C24H28N4O3. The van der Waals surface area contributed by atoms with Gasteiger partial charge in [-0.3, -0.25) is 4.79 Å². The molecule has 0 saturated carbocycles. The van der Waals surface area contributed by atoms with Crippen LogP contribution >= 0.6 is 0 Å². The van der Waals surface area contributed by atoms with E-state index in [-0.39, 0.29) is 12.3 Å². The number of anilines is 2. The van der Waals surface area contributed by atoms with Gasteiger partial charge in [-0.05, 0) is 74.7 Å². The van der Waals surface area contributed by atoms with E-state index in [4.69, 9.17) is 9.26 Å². The van der Waals surface area contributed by atoms with Crippen LogP contribution in [0.5, 0.6) is 5.75 Å². The minimum atomic E-state index is -0.102. The number of rotatable bonds is 8. The summed E-state index contributed by atoms with van der Waals surface area (Å²) in [7, 11) is 0. The van der Waals surface area contributed by atoms with E-state index in [1.165, 1.54) is 24.9 Å². The van der Waals surface area contributed by atoms with Gasteiger partial charge < -0.3 is 19.5 Å². The van der Waals surface area contributed by atoms with E-state index in [1.54, 1.807) is 0 Å². The first-order valence-electron chi connectivity index (χ1n) is 10.9. The van der Waals surface area contributed by atoms with Crippen LogP contribution in [0.15, 0.2) is 53.1 Å². The molecule has 0 aliphatic carbocycles. The van der Waals surface area contributed by atoms with Gasteiger partial charge in [-0.2, -0.15) is 4.98 Å². The van der Waals surface area contributed by atoms with Gasteiger partial charge in [-0.15, -0.1) is 0 Å². The second kappa shape index (κ2) is 10.1. The standard InChI is InChI=1S/C24H28N4O3/c1-2-30-21-12-8-19(9-13-21)25-22(29)14-15-23-26-24(27-31-23)18-6-10-20(11-7-18)28-16-4-3-5-17-28/h6-13H,2-5,14-17H2,1H3,(H,25,29). The minimum Gasteiger partial charge on any atom is -0.494 e. The number of aryl methyl sites for hydroxylation is 1. The number of benzene rings is 2. The van der Waals surface area contributed by atoms with Crippen LogP contribution in [0.25, 0.3) is 11.4 Å². The maximum atomic E-state index is 12.2. The summed E-state index contributed by atoms with van der Waals surface area (Å²) >= 11 is 0. The van der Waals surface area contributed by atoms with Gasteiger partial charge in [-0.1, -0.05) is 5.16 Å². The summed E-state index contributed by atoms with van der Waals surface area (Å²) in [6.45, 7) is 4.78. The highest BCUT2D eigenvalue weighted by Gasteiger charge is 2.13. The summed E-state index contributed by atoms with van der Waals surface area (Å²) in [5.41, 5.74) is 2.88. The molecule has 0 atom stereocenters. The topological polar surface area (TPSA) is 80.5 Å². The van der Waals surface area contributed by atoms with Crippen LogP contribution in [0, 0.1) is 0 Å². The van der Waals surface area contributed by atoms with E-state index < -0.39 is 0 Å². The van der Waals surface area contributed by atoms with E-state index in [2.05, 4.69) is 32.5 Å². The highest BCUT2D eigenvalue weighted by molar-refractivity contribution is 5.90. The summed E-state index contributed by atoms with van der Waals surface area (Å²) in [4.78, 5) is 19.1. The lowest BCUT2D eigenvalue weighted by Gasteiger charge is -2.28. The predicted octanol–water partition coefficient (Wildman–Crippen LogP) is 4.70. The number of carbonyl (C=O) groups is 1. The van der Waals surface area contributed by atoms with Crippen LogP contribution < -0.4 is 15.0 Å². The van der Waals surface area contributed by atoms with Gasteiger partial charge in [0.2, 0.25) is 17.6 Å². The van der Waals surface area contributed by atoms with Crippen molar-refractivity contribution in [2.75, 3.05) is 29.9 Å². The van der Waals surface area contributed by atoms with Crippen molar-refractivity contribution in [2.24, 2.45) is 0 Å². The summed E-state index contributed by atoms with van der Waals surface area (Å²) in [5.74, 6) is 1.68. The first-order valence-corrected chi connectivity index (χ1v) is 10.9. The molecule has 1 saturated heterocycles. The number of amides is 1. The van der Waals surface area contributed by atoms with Crippen LogP contribution in [0.2, 0.25) is 0 Å². The molecule has 1 aliphatic heterocycles. The van der Waals surface area contributed by atoms with Crippen molar-refractivity contribution < 1.29 is 14.1 Å². The van der Waals surface area contributed by atoms with Crippen LogP contribution in [-0.2, 0) is 11.2 Å². The average molecular weight is 421 g/mol. The van der Waals surface area contributed by atoms with Gasteiger partial charge in [0.1, 0.15) is 5.75 Å². The molecule has 162 valence electrons. The molecule has 1 aromatic heterocycles. The molecular weight excluding hydrogens is 392 g/mol. The van der Waals surface area contributed by atoms with Gasteiger partial charge in [0, 0.05) is 42.9 Å². The zero-order valence-electron chi connectivity index (χ0n) is 17.8. The molecule has 4 rings (SSSR count). The van der Waals surface area contributed by atoms with Crippen molar-refractivity contribution in [1.82, 2.24) is 10.1 Å². The highest BCUT2D eigenvalue weighted by Crippen LogP contribution is 2.24. The number of hydrogen-bond donors (Lipinski definition) is 1. The number of nitrogens with one attached hydrogen (secondary N) is 1. The monoisotopic (exact) mass is 420 g/mol. The smallest absolute Gasteiger partial charge is 0.227 e. The van der Waals surface area contributed by atoms with Crippen LogP contribution in [0.4, 0.5) is 11.4 Å². The highest BCUT2D eigenvalue weighted by atomic mass is 16.5. The molecule has 3 aromatic rings. The largest absolute Gasteiger partial charge is 0.494 e. The number of hydrogen-bond acceptors (Lipinski definition) is 6. The Morgan fingerprint density at radius 2 is 1.81 bits per heavy atom. The van der Waals surface area contributed by atoms with Crippen LogP contribution in [-0.4, -0.2) is 35.7 Å². The van der Waals surface area contributed by atoms with Crippen LogP contribution in [0.1, 0.15) is 38.5 Å². The van der Waals surface area contributed by atoms with Crippen molar-refractivity contribution in [3.63, 3.8) is 0 Å². The third-order valence-corrected chi connectivity index (χ3v) is 5.33.